The van der Waals surface area contributed by atoms with Gasteiger partial charge in [0.1, 0.15) is 5.69 Å². The first-order valence-electron chi connectivity index (χ1n) is 8.30. The van der Waals surface area contributed by atoms with Crippen LogP contribution in [-0.4, -0.2) is 63.0 Å². The van der Waals surface area contributed by atoms with Gasteiger partial charge in [0.25, 0.3) is 11.8 Å². The smallest absolute Gasteiger partial charge is 0.274 e. The second-order valence-electron chi connectivity index (χ2n) is 5.97. The van der Waals surface area contributed by atoms with E-state index in [0.29, 0.717) is 48.9 Å². The van der Waals surface area contributed by atoms with Gasteiger partial charge >= 0.3 is 0 Å². The van der Waals surface area contributed by atoms with Gasteiger partial charge in [0.05, 0.1) is 11.8 Å². The standard InChI is InChI=1S/C18H17N5O3/c24-17(13-3-1-5-19-12-13)22-6-8-23(9-7-22)18(25)15-11-14(20-21-15)16-4-2-10-26-16/h1-5,10-12H,6-9H2,(H,20,21). The molecule has 0 radical (unpaired) electrons. The molecule has 8 nitrogen and oxygen atoms in total. The Balaban J connectivity index is 1.39. The quantitative estimate of drug-likeness (QED) is 0.774. The van der Waals surface area contributed by atoms with Crippen molar-refractivity contribution in [1.29, 1.82) is 0 Å². The summed E-state index contributed by atoms with van der Waals surface area (Å²) in [5.74, 6) is 0.404. The van der Waals surface area contributed by atoms with Crippen molar-refractivity contribution < 1.29 is 14.0 Å². The lowest BCUT2D eigenvalue weighted by atomic mass is 10.2. The van der Waals surface area contributed by atoms with Crippen molar-refractivity contribution >= 4 is 11.8 Å². The number of pyridine rings is 1. The van der Waals surface area contributed by atoms with Crippen molar-refractivity contribution in [3.8, 4) is 11.5 Å². The lowest BCUT2D eigenvalue weighted by Gasteiger charge is -2.34. The number of rotatable bonds is 3. The molecule has 0 bridgehead atoms. The normalized spacial score (nSPS) is 14.5. The van der Waals surface area contributed by atoms with Crippen molar-refractivity contribution in [2.24, 2.45) is 0 Å². The van der Waals surface area contributed by atoms with Gasteiger partial charge in [0.2, 0.25) is 0 Å². The molecule has 0 aromatic carbocycles. The summed E-state index contributed by atoms with van der Waals surface area (Å²) in [4.78, 5) is 32.5. The number of furan rings is 1. The molecule has 0 atom stereocenters. The number of nitrogens with one attached hydrogen (secondary N) is 1. The first-order chi connectivity index (χ1) is 12.7. The van der Waals surface area contributed by atoms with Crippen LogP contribution in [0, 0.1) is 0 Å². The maximum atomic E-state index is 12.6. The van der Waals surface area contributed by atoms with Crippen LogP contribution in [0.1, 0.15) is 20.8 Å². The topological polar surface area (TPSA) is 95.3 Å². The van der Waals surface area contributed by atoms with E-state index in [1.807, 2.05) is 0 Å². The molecule has 3 aromatic rings. The van der Waals surface area contributed by atoms with Crippen LogP contribution in [0.3, 0.4) is 0 Å². The molecule has 0 unspecified atom stereocenters. The van der Waals surface area contributed by atoms with E-state index in [0.717, 1.165) is 0 Å². The fraction of sp³-hybridized carbons (Fsp3) is 0.222. The molecule has 4 heterocycles. The van der Waals surface area contributed by atoms with Crippen LogP contribution in [0.25, 0.3) is 11.5 Å². The first kappa shape index (κ1) is 16.1. The molecule has 26 heavy (non-hydrogen) atoms. The predicted octanol–water partition coefficient (Wildman–Crippen LogP) is 1.66. The number of hydrogen-bond donors (Lipinski definition) is 1. The predicted molar refractivity (Wildman–Crippen MR) is 92.3 cm³/mol. The van der Waals surface area contributed by atoms with E-state index in [1.54, 1.807) is 58.8 Å². The van der Waals surface area contributed by atoms with Gasteiger partial charge in [-0.3, -0.25) is 19.7 Å². The number of amides is 2. The summed E-state index contributed by atoms with van der Waals surface area (Å²) in [6.07, 6.45) is 4.75. The summed E-state index contributed by atoms with van der Waals surface area (Å²) in [6.45, 7) is 1.89. The maximum Gasteiger partial charge on any atom is 0.274 e. The molecule has 1 fully saturated rings. The average Bonchev–Trinajstić information content (AvgIpc) is 3.39. The van der Waals surface area contributed by atoms with Crippen molar-refractivity contribution in [1.82, 2.24) is 25.0 Å². The third-order valence-electron chi connectivity index (χ3n) is 4.35. The highest BCUT2D eigenvalue weighted by molar-refractivity contribution is 5.95. The van der Waals surface area contributed by atoms with Crippen LogP contribution in [0.15, 0.2) is 53.4 Å². The summed E-state index contributed by atoms with van der Waals surface area (Å²) in [7, 11) is 0. The van der Waals surface area contributed by atoms with Gasteiger partial charge in [0.15, 0.2) is 11.5 Å². The molecule has 0 spiro atoms. The lowest BCUT2D eigenvalue weighted by Crippen LogP contribution is -2.50. The monoisotopic (exact) mass is 351 g/mol. The largest absolute Gasteiger partial charge is 0.463 e. The van der Waals surface area contributed by atoms with Gasteiger partial charge in [0, 0.05) is 44.6 Å². The Morgan fingerprint density at radius 1 is 1.04 bits per heavy atom. The summed E-state index contributed by atoms with van der Waals surface area (Å²) in [5.41, 5.74) is 1.55. The molecule has 8 heteroatoms. The summed E-state index contributed by atoms with van der Waals surface area (Å²) in [5, 5.41) is 6.90. The molecule has 3 aromatic heterocycles. The van der Waals surface area contributed by atoms with E-state index < -0.39 is 0 Å². The highest BCUT2D eigenvalue weighted by Gasteiger charge is 2.27. The molecule has 4 rings (SSSR count). The molecule has 1 N–H and O–H groups in total. The van der Waals surface area contributed by atoms with Crippen molar-refractivity contribution in [3.63, 3.8) is 0 Å². The summed E-state index contributed by atoms with van der Waals surface area (Å²) < 4.78 is 5.30. The van der Waals surface area contributed by atoms with E-state index in [1.165, 1.54) is 0 Å². The van der Waals surface area contributed by atoms with E-state index in [9.17, 15) is 9.59 Å². The molecule has 0 aliphatic carbocycles. The van der Waals surface area contributed by atoms with E-state index in [2.05, 4.69) is 15.2 Å². The molecule has 1 aliphatic rings. The zero-order valence-corrected chi connectivity index (χ0v) is 14.0. The molecule has 1 aliphatic heterocycles. The van der Waals surface area contributed by atoms with Gasteiger partial charge in [-0.2, -0.15) is 5.10 Å². The third-order valence-corrected chi connectivity index (χ3v) is 4.35. The number of aromatic nitrogens is 3. The Morgan fingerprint density at radius 3 is 2.46 bits per heavy atom. The minimum absolute atomic E-state index is 0.0647. The van der Waals surface area contributed by atoms with E-state index >= 15 is 0 Å². The highest BCUT2D eigenvalue weighted by Crippen LogP contribution is 2.19. The number of nitrogens with zero attached hydrogens (tertiary/aromatic N) is 4. The van der Waals surface area contributed by atoms with Crippen LogP contribution in [0.2, 0.25) is 0 Å². The molecule has 2 amide bonds. The third kappa shape index (κ3) is 3.08. The Kier molecular flexibility index (Phi) is 4.22. The van der Waals surface area contributed by atoms with Crippen molar-refractivity contribution in [3.05, 3.63) is 60.2 Å². The molecule has 1 saturated heterocycles. The summed E-state index contributed by atoms with van der Waals surface area (Å²) >= 11 is 0. The van der Waals surface area contributed by atoms with Crippen LogP contribution >= 0.6 is 0 Å². The number of carbonyl (C=O) groups excluding carboxylic acids is 2. The van der Waals surface area contributed by atoms with Crippen LogP contribution in [0.4, 0.5) is 0 Å². The first-order valence-corrected chi connectivity index (χ1v) is 8.30. The molecular formula is C18H17N5O3. The van der Waals surface area contributed by atoms with Crippen LogP contribution in [-0.2, 0) is 0 Å². The SMILES string of the molecule is O=C(c1cccnc1)N1CCN(C(=O)c2cc(-c3ccco3)[nH]n2)CC1. The fourth-order valence-electron chi connectivity index (χ4n) is 2.94. The lowest BCUT2D eigenvalue weighted by molar-refractivity contribution is 0.0532. The highest BCUT2D eigenvalue weighted by atomic mass is 16.3. The Hall–Kier alpha value is -3.42. The van der Waals surface area contributed by atoms with E-state index in [-0.39, 0.29) is 11.8 Å². The molecule has 0 saturated carbocycles. The number of hydrogen-bond acceptors (Lipinski definition) is 5. The summed E-state index contributed by atoms with van der Waals surface area (Å²) in [6, 6.07) is 8.73. The van der Waals surface area contributed by atoms with Gasteiger partial charge in [-0.25, -0.2) is 0 Å². The van der Waals surface area contributed by atoms with Crippen LogP contribution in [0.5, 0.6) is 0 Å². The molecular weight excluding hydrogens is 334 g/mol. The number of piperazine rings is 1. The van der Waals surface area contributed by atoms with Crippen LogP contribution < -0.4 is 0 Å². The maximum absolute atomic E-state index is 12.6. The fourth-order valence-corrected chi connectivity index (χ4v) is 2.94. The second-order valence-corrected chi connectivity index (χ2v) is 5.97. The minimum Gasteiger partial charge on any atom is -0.463 e. The van der Waals surface area contributed by atoms with Crippen molar-refractivity contribution in [2.45, 2.75) is 0 Å². The van der Waals surface area contributed by atoms with Gasteiger partial charge < -0.3 is 14.2 Å². The minimum atomic E-state index is -0.160. The van der Waals surface area contributed by atoms with Crippen molar-refractivity contribution in [2.75, 3.05) is 26.2 Å². The Morgan fingerprint density at radius 2 is 1.81 bits per heavy atom. The number of aromatic amines is 1. The van der Waals surface area contributed by atoms with Gasteiger partial charge in [-0.15, -0.1) is 0 Å². The number of carbonyl (C=O) groups is 2. The second kappa shape index (κ2) is 6.83. The van der Waals surface area contributed by atoms with Gasteiger partial charge in [-0.05, 0) is 24.3 Å². The average molecular weight is 351 g/mol. The zero-order valence-electron chi connectivity index (χ0n) is 14.0. The zero-order chi connectivity index (χ0) is 17.9. The van der Waals surface area contributed by atoms with Gasteiger partial charge in [-0.1, -0.05) is 0 Å². The number of H-pyrrole nitrogens is 1. The van der Waals surface area contributed by atoms with E-state index in [4.69, 9.17) is 4.42 Å². The molecule has 132 valence electrons. The Bertz CT molecular complexity index is 896. The Labute approximate surface area is 149 Å².